The van der Waals surface area contributed by atoms with Crippen LogP contribution in [0.25, 0.3) is 6.08 Å². The van der Waals surface area contributed by atoms with Gasteiger partial charge in [0.1, 0.15) is 0 Å². The highest BCUT2D eigenvalue weighted by Crippen LogP contribution is 2.29. The molecule has 1 heterocycles. The topological polar surface area (TPSA) is 34.9 Å². The Balaban J connectivity index is 1.68. The number of hydrogen-bond acceptors (Lipinski definition) is 2. The van der Waals surface area contributed by atoms with Gasteiger partial charge in [-0.25, -0.2) is 0 Å². The Morgan fingerprint density at radius 3 is 2.62 bits per heavy atom. The lowest BCUT2D eigenvalue weighted by atomic mass is 10.1. The highest BCUT2D eigenvalue weighted by Gasteiger charge is 2.25. The molecule has 3 nitrogen and oxygen atoms in total. The van der Waals surface area contributed by atoms with E-state index >= 15 is 0 Å². The SMILES string of the molecule is Cc1nn(Cc2ccccc2Cl)c(C)c1C=C1Cc2ccccc2C1=O. The fourth-order valence-corrected chi connectivity index (χ4v) is 3.70. The van der Waals surface area contributed by atoms with Gasteiger partial charge in [0.2, 0.25) is 0 Å². The summed E-state index contributed by atoms with van der Waals surface area (Å²) in [6, 6.07) is 15.6. The van der Waals surface area contributed by atoms with Crippen molar-refractivity contribution < 1.29 is 4.79 Å². The third-order valence-electron chi connectivity index (χ3n) is 4.97. The first-order chi connectivity index (χ1) is 12.5. The molecule has 0 radical (unpaired) electrons. The molecular weight excluding hydrogens is 344 g/mol. The van der Waals surface area contributed by atoms with Gasteiger partial charge < -0.3 is 0 Å². The molecule has 0 amide bonds. The Labute approximate surface area is 157 Å². The van der Waals surface area contributed by atoms with Crippen molar-refractivity contribution in [1.82, 2.24) is 9.78 Å². The zero-order valence-corrected chi connectivity index (χ0v) is 15.5. The van der Waals surface area contributed by atoms with E-state index in [-0.39, 0.29) is 5.78 Å². The fraction of sp³-hybridized carbons (Fsp3) is 0.182. The van der Waals surface area contributed by atoms with Crippen LogP contribution >= 0.6 is 11.6 Å². The van der Waals surface area contributed by atoms with E-state index in [0.717, 1.165) is 44.2 Å². The maximum Gasteiger partial charge on any atom is 0.189 e. The van der Waals surface area contributed by atoms with E-state index in [4.69, 9.17) is 11.6 Å². The quantitative estimate of drug-likeness (QED) is 0.613. The van der Waals surface area contributed by atoms with Crippen LogP contribution in [0.15, 0.2) is 54.1 Å². The van der Waals surface area contributed by atoms with Gasteiger partial charge in [-0.1, -0.05) is 54.1 Å². The van der Waals surface area contributed by atoms with E-state index < -0.39 is 0 Å². The van der Waals surface area contributed by atoms with Crippen LogP contribution in [-0.2, 0) is 13.0 Å². The molecule has 1 aliphatic rings. The number of carbonyl (C=O) groups excluding carboxylic acids is 1. The second-order valence-electron chi connectivity index (χ2n) is 6.67. The van der Waals surface area contributed by atoms with Gasteiger partial charge in [0.05, 0.1) is 12.2 Å². The zero-order valence-electron chi connectivity index (χ0n) is 14.8. The molecule has 0 atom stereocenters. The van der Waals surface area contributed by atoms with E-state index in [2.05, 4.69) is 5.10 Å². The molecule has 0 N–H and O–H groups in total. The Morgan fingerprint density at radius 1 is 1.12 bits per heavy atom. The van der Waals surface area contributed by atoms with Crippen LogP contribution in [-0.4, -0.2) is 15.6 Å². The summed E-state index contributed by atoms with van der Waals surface area (Å²) < 4.78 is 1.95. The molecule has 4 rings (SSSR count). The first-order valence-corrected chi connectivity index (χ1v) is 9.03. The molecule has 1 aliphatic carbocycles. The minimum Gasteiger partial charge on any atom is -0.289 e. The average Bonchev–Trinajstić information content (AvgIpc) is 3.09. The Kier molecular flexibility index (Phi) is 4.25. The van der Waals surface area contributed by atoms with Crippen molar-refractivity contribution in [2.45, 2.75) is 26.8 Å². The number of nitrogens with zero attached hydrogens (tertiary/aromatic N) is 2. The molecule has 0 fully saturated rings. The third-order valence-corrected chi connectivity index (χ3v) is 5.34. The van der Waals surface area contributed by atoms with E-state index in [1.807, 2.05) is 73.1 Å². The molecule has 26 heavy (non-hydrogen) atoms. The molecule has 3 aromatic rings. The minimum atomic E-state index is 0.123. The summed E-state index contributed by atoms with van der Waals surface area (Å²) >= 11 is 6.28. The molecule has 0 spiro atoms. The van der Waals surface area contributed by atoms with Crippen LogP contribution in [0.4, 0.5) is 0 Å². The Morgan fingerprint density at radius 2 is 1.85 bits per heavy atom. The third kappa shape index (κ3) is 2.89. The van der Waals surface area contributed by atoms with Crippen molar-refractivity contribution in [2.75, 3.05) is 0 Å². The van der Waals surface area contributed by atoms with Crippen LogP contribution < -0.4 is 0 Å². The monoisotopic (exact) mass is 362 g/mol. The predicted molar refractivity (Wildman–Crippen MR) is 105 cm³/mol. The number of carbonyl (C=O) groups is 1. The lowest BCUT2D eigenvalue weighted by Crippen LogP contribution is -2.04. The van der Waals surface area contributed by atoms with Crippen molar-refractivity contribution >= 4 is 23.5 Å². The number of allylic oxidation sites excluding steroid dienone is 1. The summed E-state index contributed by atoms with van der Waals surface area (Å²) in [5.74, 6) is 0.123. The van der Waals surface area contributed by atoms with Crippen molar-refractivity contribution in [2.24, 2.45) is 0 Å². The van der Waals surface area contributed by atoms with Crippen molar-refractivity contribution in [3.63, 3.8) is 0 Å². The maximum absolute atomic E-state index is 12.7. The van der Waals surface area contributed by atoms with Crippen LogP contribution in [0.1, 0.15) is 38.4 Å². The number of aromatic nitrogens is 2. The number of benzene rings is 2. The Hall–Kier alpha value is -2.65. The van der Waals surface area contributed by atoms with E-state index in [0.29, 0.717) is 13.0 Å². The number of fused-ring (bicyclic) bond motifs is 1. The van der Waals surface area contributed by atoms with Crippen LogP contribution in [0.3, 0.4) is 0 Å². The van der Waals surface area contributed by atoms with Gasteiger partial charge in [0.15, 0.2) is 5.78 Å². The molecule has 0 unspecified atom stereocenters. The lowest BCUT2D eigenvalue weighted by molar-refractivity contribution is 0.104. The summed E-state index contributed by atoms with van der Waals surface area (Å²) in [4.78, 5) is 12.7. The smallest absolute Gasteiger partial charge is 0.189 e. The summed E-state index contributed by atoms with van der Waals surface area (Å²) in [5, 5.41) is 5.40. The first-order valence-electron chi connectivity index (χ1n) is 8.65. The average molecular weight is 363 g/mol. The minimum absolute atomic E-state index is 0.123. The second-order valence-corrected chi connectivity index (χ2v) is 7.07. The maximum atomic E-state index is 12.7. The molecule has 4 heteroatoms. The highest BCUT2D eigenvalue weighted by molar-refractivity contribution is 6.31. The van der Waals surface area contributed by atoms with Gasteiger partial charge in [-0.3, -0.25) is 9.48 Å². The highest BCUT2D eigenvalue weighted by atomic mass is 35.5. The van der Waals surface area contributed by atoms with Gasteiger partial charge in [-0.15, -0.1) is 0 Å². The molecule has 0 aliphatic heterocycles. The van der Waals surface area contributed by atoms with Gasteiger partial charge >= 0.3 is 0 Å². The molecular formula is C22H19ClN2O. The van der Waals surface area contributed by atoms with E-state index in [1.54, 1.807) is 0 Å². The van der Waals surface area contributed by atoms with E-state index in [9.17, 15) is 4.79 Å². The van der Waals surface area contributed by atoms with Gasteiger partial charge in [-0.2, -0.15) is 5.10 Å². The number of Topliss-reactive ketones (excluding diaryl/α,β-unsaturated/α-hetero) is 1. The largest absolute Gasteiger partial charge is 0.289 e. The first kappa shape index (κ1) is 16.8. The van der Waals surface area contributed by atoms with Crippen molar-refractivity contribution in [1.29, 1.82) is 0 Å². The Bertz CT molecular complexity index is 1050. The van der Waals surface area contributed by atoms with Crippen molar-refractivity contribution in [3.8, 4) is 0 Å². The van der Waals surface area contributed by atoms with Gasteiger partial charge in [0, 0.05) is 33.8 Å². The molecule has 0 bridgehead atoms. The van der Waals surface area contributed by atoms with Gasteiger partial charge in [-0.05, 0) is 37.1 Å². The van der Waals surface area contributed by atoms with Crippen molar-refractivity contribution in [3.05, 3.63) is 92.8 Å². The lowest BCUT2D eigenvalue weighted by Gasteiger charge is -2.07. The summed E-state index contributed by atoms with van der Waals surface area (Å²) in [6.07, 6.45) is 2.69. The number of rotatable bonds is 3. The number of hydrogen-bond donors (Lipinski definition) is 0. The molecule has 2 aromatic carbocycles. The zero-order chi connectivity index (χ0) is 18.3. The van der Waals surface area contributed by atoms with Gasteiger partial charge in [0.25, 0.3) is 0 Å². The summed E-state index contributed by atoms with van der Waals surface area (Å²) in [7, 11) is 0. The number of aryl methyl sites for hydroxylation is 1. The molecule has 0 saturated heterocycles. The molecule has 0 saturated carbocycles. The number of halogens is 1. The van der Waals surface area contributed by atoms with Crippen LogP contribution in [0.2, 0.25) is 5.02 Å². The summed E-state index contributed by atoms with van der Waals surface area (Å²) in [5.41, 5.74) is 6.76. The number of ketones is 1. The van der Waals surface area contributed by atoms with Crippen LogP contribution in [0, 0.1) is 13.8 Å². The van der Waals surface area contributed by atoms with Crippen LogP contribution in [0.5, 0.6) is 0 Å². The second kappa shape index (κ2) is 6.58. The normalized spacial score (nSPS) is 14.9. The molecule has 130 valence electrons. The van der Waals surface area contributed by atoms with E-state index in [1.165, 1.54) is 0 Å². The fourth-order valence-electron chi connectivity index (χ4n) is 3.51. The predicted octanol–water partition coefficient (Wildman–Crippen LogP) is 5.02. The standard InChI is InChI=1S/C22H19ClN2O/c1-14-20(12-18-11-16-7-3-5-9-19(16)22(18)26)15(2)25(24-14)13-17-8-4-6-10-21(17)23/h3-10,12H,11,13H2,1-2H3. The molecule has 1 aromatic heterocycles. The summed E-state index contributed by atoms with van der Waals surface area (Å²) in [6.45, 7) is 4.63.